The van der Waals surface area contributed by atoms with Crippen LogP contribution < -0.4 is 10.2 Å². The molecule has 2 N–H and O–H groups in total. The summed E-state index contributed by atoms with van der Waals surface area (Å²) in [7, 11) is 3.94. The van der Waals surface area contributed by atoms with Crippen LogP contribution in [0.2, 0.25) is 0 Å². The van der Waals surface area contributed by atoms with Crippen LogP contribution >= 0.6 is 0 Å². The number of rotatable bonds is 6. The Labute approximate surface area is 104 Å². The molecule has 17 heavy (non-hydrogen) atoms. The Kier molecular flexibility index (Phi) is 5.38. The molecule has 0 fully saturated rings. The van der Waals surface area contributed by atoms with Gasteiger partial charge in [-0.2, -0.15) is 0 Å². The van der Waals surface area contributed by atoms with E-state index < -0.39 is 0 Å². The first kappa shape index (κ1) is 13.9. The smallest absolute Gasteiger partial charge is 0.131 e. The third-order valence-electron chi connectivity index (χ3n) is 2.73. The van der Waals surface area contributed by atoms with Crippen LogP contribution in [-0.2, 0) is 6.54 Å². The minimum absolute atomic E-state index is 0.263. The Morgan fingerprint density at radius 3 is 2.76 bits per heavy atom. The molecule has 0 amide bonds. The molecule has 0 spiro atoms. The minimum Gasteiger partial charge on any atom is -0.393 e. The SMILES string of the molecule is CNCc1cnc(N(C)CCC(C)O)c(C)c1. The lowest BCUT2D eigenvalue weighted by molar-refractivity contribution is 0.187. The van der Waals surface area contributed by atoms with Gasteiger partial charge in [-0.1, -0.05) is 0 Å². The number of hydrogen-bond acceptors (Lipinski definition) is 4. The maximum atomic E-state index is 9.28. The molecule has 4 nitrogen and oxygen atoms in total. The van der Waals surface area contributed by atoms with Crippen molar-refractivity contribution in [3.05, 3.63) is 23.4 Å². The number of anilines is 1. The second-order valence-corrected chi connectivity index (χ2v) is 4.57. The highest BCUT2D eigenvalue weighted by Gasteiger charge is 2.08. The topological polar surface area (TPSA) is 48.4 Å². The zero-order valence-corrected chi connectivity index (χ0v) is 11.2. The molecular formula is C13H23N3O. The van der Waals surface area contributed by atoms with Crippen molar-refractivity contribution in [1.82, 2.24) is 10.3 Å². The molecule has 0 aromatic carbocycles. The number of nitrogens with zero attached hydrogens (tertiary/aromatic N) is 2. The van der Waals surface area contributed by atoms with Gasteiger partial charge in [0.2, 0.25) is 0 Å². The highest BCUT2D eigenvalue weighted by molar-refractivity contribution is 5.46. The van der Waals surface area contributed by atoms with Gasteiger partial charge in [0.25, 0.3) is 0 Å². The van der Waals surface area contributed by atoms with Crippen molar-refractivity contribution >= 4 is 5.82 Å². The second-order valence-electron chi connectivity index (χ2n) is 4.57. The molecule has 0 aliphatic heterocycles. The van der Waals surface area contributed by atoms with E-state index >= 15 is 0 Å². The summed E-state index contributed by atoms with van der Waals surface area (Å²) < 4.78 is 0. The highest BCUT2D eigenvalue weighted by Crippen LogP contribution is 2.17. The summed E-state index contributed by atoms with van der Waals surface area (Å²) in [6, 6.07) is 2.15. The van der Waals surface area contributed by atoms with Crippen LogP contribution in [0.4, 0.5) is 5.82 Å². The molecule has 1 atom stereocenters. The molecule has 4 heteroatoms. The summed E-state index contributed by atoms with van der Waals surface area (Å²) in [5.41, 5.74) is 2.36. The van der Waals surface area contributed by atoms with Crippen LogP contribution in [0.1, 0.15) is 24.5 Å². The van der Waals surface area contributed by atoms with E-state index in [1.165, 1.54) is 11.1 Å². The van der Waals surface area contributed by atoms with E-state index in [2.05, 4.69) is 28.2 Å². The van der Waals surface area contributed by atoms with Gasteiger partial charge in [-0.05, 0) is 44.5 Å². The van der Waals surface area contributed by atoms with Gasteiger partial charge < -0.3 is 15.3 Å². The molecular weight excluding hydrogens is 214 g/mol. The van der Waals surface area contributed by atoms with Crippen LogP contribution in [0.25, 0.3) is 0 Å². The zero-order chi connectivity index (χ0) is 12.8. The zero-order valence-electron chi connectivity index (χ0n) is 11.2. The number of hydrogen-bond donors (Lipinski definition) is 2. The fourth-order valence-electron chi connectivity index (χ4n) is 1.81. The van der Waals surface area contributed by atoms with Crippen LogP contribution in [0.5, 0.6) is 0 Å². The predicted molar refractivity (Wildman–Crippen MR) is 71.3 cm³/mol. The van der Waals surface area contributed by atoms with E-state index in [4.69, 9.17) is 0 Å². The molecule has 0 bridgehead atoms. The number of aromatic nitrogens is 1. The summed E-state index contributed by atoms with van der Waals surface area (Å²) >= 11 is 0. The van der Waals surface area contributed by atoms with Gasteiger partial charge in [0, 0.05) is 26.3 Å². The van der Waals surface area contributed by atoms with Crippen molar-refractivity contribution in [2.45, 2.75) is 32.9 Å². The van der Waals surface area contributed by atoms with E-state index in [0.29, 0.717) is 0 Å². The molecule has 1 rings (SSSR count). The van der Waals surface area contributed by atoms with E-state index in [9.17, 15) is 5.11 Å². The number of aryl methyl sites for hydroxylation is 1. The molecule has 1 aromatic heterocycles. The van der Waals surface area contributed by atoms with Crippen molar-refractivity contribution < 1.29 is 5.11 Å². The Bertz CT molecular complexity index is 353. The molecule has 0 aliphatic carbocycles. The second kappa shape index (κ2) is 6.57. The van der Waals surface area contributed by atoms with Crippen molar-refractivity contribution in [3.63, 3.8) is 0 Å². The maximum absolute atomic E-state index is 9.28. The normalized spacial score (nSPS) is 12.5. The third kappa shape index (κ3) is 4.32. The van der Waals surface area contributed by atoms with Crippen LogP contribution in [-0.4, -0.2) is 36.8 Å². The first-order valence-electron chi connectivity index (χ1n) is 6.04. The largest absolute Gasteiger partial charge is 0.393 e. The Morgan fingerprint density at radius 2 is 2.24 bits per heavy atom. The van der Waals surface area contributed by atoms with E-state index in [0.717, 1.165) is 25.3 Å². The molecule has 1 unspecified atom stereocenters. The van der Waals surface area contributed by atoms with Crippen molar-refractivity contribution in [3.8, 4) is 0 Å². The first-order chi connectivity index (χ1) is 8.04. The summed E-state index contributed by atoms with van der Waals surface area (Å²) in [6.07, 6.45) is 2.40. The number of nitrogens with one attached hydrogen (secondary N) is 1. The Morgan fingerprint density at radius 1 is 1.53 bits per heavy atom. The molecule has 1 aromatic rings. The van der Waals surface area contributed by atoms with Gasteiger partial charge in [-0.25, -0.2) is 4.98 Å². The van der Waals surface area contributed by atoms with E-state index in [1.807, 2.05) is 27.2 Å². The van der Waals surface area contributed by atoms with Gasteiger partial charge in [-0.3, -0.25) is 0 Å². The first-order valence-corrected chi connectivity index (χ1v) is 6.04. The quantitative estimate of drug-likeness (QED) is 0.783. The number of aliphatic hydroxyl groups excluding tert-OH is 1. The molecule has 0 aliphatic rings. The highest BCUT2D eigenvalue weighted by atomic mass is 16.3. The fraction of sp³-hybridized carbons (Fsp3) is 0.615. The summed E-state index contributed by atoms with van der Waals surface area (Å²) in [5.74, 6) is 0.991. The number of pyridine rings is 1. The summed E-state index contributed by atoms with van der Waals surface area (Å²) in [5, 5.41) is 12.4. The molecule has 1 heterocycles. The molecule has 0 saturated carbocycles. The lowest BCUT2D eigenvalue weighted by Crippen LogP contribution is -2.23. The summed E-state index contributed by atoms with van der Waals surface area (Å²) in [4.78, 5) is 6.57. The maximum Gasteiger partial charge on any atom is 0.131 e. The van der Waals surface area contributed by atoms with E-state index in [-0.39, 0.29) is 6.10 Å². The average molecular weight is 237 g/mol. The lowest BCUT2D eigenvalue weighted by Gasteiger charge is -2.21. The average Bonchev–Trinajstić information content (AvgIpc) is 2.26. The Balaban J connectivity index is 2.70. The van der Waals surface area contributed by atoms with Gasteiger partial charge in [0.1, 0.15) is 5.82 Å². The Hall–Kier alpha value is -1.13. The molecule has 0 saturated heterocycles. The van der Waals surface area contributed by atoms with Crippen molar-refractivity contribution in [2.75, 3.05) is 25.5 Å². The summed E-state index contributed by atoms with van der Waals surface area (Å²) in [6.45, 7) is 5.53. The van der Waals surface area contributed by atoms with Crippen LogP contribution in [0.3, 0.4) is 0 Å². The van der Waals surface area contributed by atoms with Crippen LogP contribution in [0, 0.1) is 6.92 Å². The minimum atomic E-state index is -0.263. The fourth-order valence-corrected chi connectivity index (χ4v) is 1.81. The molecule has 0 radical (unpaired) electrons. The number of aliphatic hydroxyl groups is 1. The van der Waals surface area contributed by atoms with Gasteiger partial charge >= 0.3 is 0 Å². The predicted octanol–water partition coefficient (Wildman–Crippen LogP) is 1.32. The third-order valence-corrected chi connectivity index (χ3v) is 2.73. The van der Waals surface area contributed by atoms with Crippen molar-refractivity contribution in [2.24, 2.45) is 0 Å². The molecule has 96 valence electrons. The van der Waals surface area contributed by atoms with Crippen molar-refractivity contribution in [1.29, 1.82) is 0 Å². The van der Waals surface area contributed by atoms with Gasteiger partial charge in [0.15, 0.2) is 0 Å². The van der Waals surface area contributed by atoms with Crippen LogP contribution in [0.15, 0.2) is 12.3 Å². The van der Waals surface area contributed by atoms with Gasteiger partial charge in [0.05, 0.1) is 6.10 Å². The lowest BCUT2D eigenvalue weighted by atomic mass is 10.2. The monoisotopic (exact) mass is 237 g/mol. The standard InChI is InChI=1S/C13H23N3O/c1-10-7-12(8-14-3)9-15-13(10)16(4)6-5-11(2)17/h7,9,11,14,17H,5-6,8H2,1-4H3. The van der Waals surface area contributed by atoms with E-state index in [1.54, 1.807) is 0 Å². The van der Waals surface area contributed by atoms with Gasteiger partial charge in [-0.15, -0.1) is 0 Å².